The van der Waals surface area contributed by atoms with Gasteiger partial charge in [-0.05, 0) is 45.2 Å². The van der Waals surface area contributed by atoms with Gasteiger partial charge in [-0.25, -0.2) is 9.98 Å². The third-order valence-corrected chi connectivity index (χ3v) is 5.07. The van der Waals surface area contributed by atoms with Crippen LogP contribution in [0.15, 0.2) is 33.9 Å². The predicted molar refractivity (Wildman–Crippen MR) is 135 cm³/mol. The number of pyridine rings is 1. The van der Waals surface area contributed by atoms with Crippen molar-refractivity contribution >= 4 is 35.8 Å². The van der Waals surface area contributed by atoms with E-state index in [1.165, 1.54) is 0 Å². The minimum Gasteiger partial charge on any atom is -0.359 e. The molecule has 0 saturated heterocycles. The first-order valence-corrected chi connectivity index (χ1v) is 10.8. The smallest absolute Gasteiger partial charge is 0.191 e. The van der Waals surface area contributed by atoms with Crippen LogP contribution in [0.1, 0.15) is 70.4 Å². The van der Waals surface area contributed by atoms with Gasteiger partial charge in [0.05, 0.1) is 18.8 Å². The number of nitrogens with one attached hydrogen (secondary N) is 2. The van der Waals surface area contributed by atoms with E-state index >= 15 is 0 Å². The van der Waals surface area contributed by atoms with E-state index in [0.29, 0.717) is 19.0 Å². The fourth-order valence-corrected chi connectivity index (χ4v) is 3.24. The number of halogens is 1. The van der Waals surface area contributed by atoms with Crippen molar-refractivity contribution in [1.82, 2.24) is 20.8 Å². The lowest BCUT2D eigenvalue weighted by Gasteiger charge is -2.19. The largest absolute Gasteiger partial charge is 0.359 e. The first kappa shape index (κ1) is 26.2. The third kappa shape index (κ3) is 7.77. The van der Waals surface area contributed by atoms with Crippen LogP contribution >= 0.6 is 24.0 Å². The number of aliphatic imine (C=N–C) groups is 1. The van der Waals surface area contributed by atoms with Crippen LogP contribution in [0.25, 0.3) is 0 Å². The Hall–Kier alpha value is -1.84. The molecular weight excluding hydrogens is 491 g/mol. The highest BCUT2D eigenvalue weighted by molar-refractivity contribution is 14.0. The number of hydrogen-bond donors (Lipinski definition) is 2. The molecule has 0 aliphatic carbocycles. The summed E-state index contributed by atoms with van der Waals surface area (Å²) in [5.41, 5.74) is 2.11. The Morgan fingerprint density at radius 2 is 1.83 bits per heavy atom. The van der Waals surface area contributed by atoms with Crippen molar-refractivity contribution in [3.63, 3.8) is 0 Å². The number of rotatable bonds is 11. The van der Waals surface area contributed by atoms with Gasteiger partial charge >= 0.3 is 0 Å². The number of anilines is 1. The molecule has 2 rings (SSSR count). The van der Waals surface area contributed by atoms with Gasteiger partial charge in [0.15, 0.2) is 11.7 Å². The molecule has 7 nitrogen and oxygen atoms in total. The lowest BCUT2D eigenvalue weighted by molar-refractivity contribution is 0.368. The zero-order valence-corrected chi connectivity index (χ0v) is 21.3. The van der Waals surface area contributed by atoms with Crippen molar-refractivity contribution in [3.05, 3.63) is 41.4 Å². The second kappa shape index (κ2) is 14.2. The summed E-state index contributed by atoms with van der Waals surface area (Å²) < 4.78 is 5.49. The average Bonchev–Trinajstić information content (AvgIpc) is 3.21. The van der Waals surface area contributed by atoms with E-state index in [0.717, 1.165) is 61.3 Å². The summed E-state index contributed by atoms with van der Waals surface area (Å²) in [6, 6.07) is 6.20. The van der Waals surface area contributed by atoms with Gasteiger partial charge in [-0.1, -0.05) is 25.1 Å². The van der Waals surface area contributed by atoms with E-state index in [4.69, 9.17) is 4.52 Å². The topological polar surface area (TPSA) is 78.6 Å². The van der Waals surface area contributed by atoms with Crippen LogP contribution in [0.3, 0.4) is 0 Å². The second-order valence-corrected chi connectivity index (χ2v) is 6.98. The minimum absolute atomic E-state index is 0. The Bertz CT molecular complexity index is 738. The molecule has 0 spiro atoms. The van der Waals surface area contributed by atoms with Crippen LogP contribution in [0, 0.1) is 0 Å². The monoisotopic (exact) mass is 528 g/mol. The molecule has 0 amide bonds. The molecule has 8 heteroatoms. The Morgan fingerprint density at radius 1 is 1.10 bits per heavy atom. The molecule has 2 aromatic rings. The van der Waals surface area contributed by atoms with Gasteiger partial charge in [0, 0.05) is 37.8 Å². The minimum atomic E-state index is 0. The summed E-state index contributed by atoms with van der Waals surface area (Å²) in [6.45, 7) is 14.5. The Balaban J connectivity index is 0.00000450. The molecule has 0 aliphatic heterocycles. The van der Waals surface area contributed by atoms with Gasteiger partial charge in [-0.15, -0.1) is 24.0 Å². The highest BCUT2D eigenvalue weighted by Crippen LogP contribution is 2.22. The molecule has 0 bridgehead atoms. The van der Waals surface area contributed by atoms with Crippen molar-refractivity contribution in [2.24, 2.45) is 4.99 Å². The molecule has 0 unspecified atom stereocenters. The molecule has 2 aromatic heterocycles. The molecule has 2 heterocycles. The maximum absolute atomic E-state index is 5.49. The van der Waals surface area contributed by atoms with Crippen molar-refractivity contribution in [2.75, 3.05) is 24.5 Å². The first-order chi connectivity index (χ1) is 14.1. The molecule has 0 atom stereocenters. The Labute approximate surface area is 198 Å². The van der Waals surface area contributed by atoms with Crippen molar-refractivity contribution in [1.29, 1.82) is 0 Å². The summed E-state index contributed by atoms with van der Waals surface area (Å²) in [6.07, 6.45) is 4.04. The molecule has 168 valence electrons. The Kier molecular flexibility index (Phi) is 12.4. The normalized spacial score (nSPS) is 11.3. The maximum Gasteiger partial charge on any atom is 0.191 e. The van der Waals surface area contributed by atoms with Crippen LogP contribution in [0.5, 0.6) is 0 Å². The zero-order chi connectivity index (χ0) is 21.1. The molecule has 0 fully saturated rings. The number of nitrogens with zero attached hydrogens (tertiary/aromatic N) is 4. The van der Waals surface area contributed by atoms with Crippen LogP contribution in [0.4, 0.5) is 5.82 Å². The fourth-order valence-electron chi connectivity index (χ4n) is 3.24. The van der Waals surface area contributed by atoms with Crippen LogP contribution < -0.4 is 15.5 Å². The van der Waals surface area contributed by atoms with Crippen molar-refractivity contribution in [2.45, 2.75) is 66.5 Å². The molecular formula is C22H37IN6O. The zero-order valence-electron chi connectivity index (χ0n) is 18.9. The van der Waals surface area contributed by atoms with Crippen molar-refractivity contribution in [3.8, 4) is 0 Å². The lowest BCUT2D eigenvalue weighted by atomic mass is 9.99. The van der Waals surface area contributed by atoms with Crippen LogP contribution in [-0.4, -0.2) is 35.7 Å². The molecule has 30 heavy (non-hydrogen) atoms. The second-order valence-electron chi connectivity index (χ2n) is 6.98. The molecule has 0 radical (unpaired) electrons. The highest BCUT2D eigenvalue weighted by atomic mass is 127. The fraction of sp³-hybridized carbons (Fsp3) is 0.591. The maximum atomic E-state index is 5.49. The van der Waals surface area contributed by atoms with E-state index in [1.54, 1.807) is 0 Å². The van der Waals surface area contributed by atoms with Crippen molar-refractivity contribution < 1.29 is 4.52 Å². The van der Waals surface area contributed by atoms with Crippen LogP contribution in [0.2, 0.25) is 0 Å². The Morgan fingerprint density at radius 3 is 2.40 bits per heavy atom. The predicted octanol–water partition coefficient (Wildman–Crippen LogP) is 4.69. The standard InChI is InChI=1S/C22H36N6O.HI/c1-6-18(7-2)20-13-19(29-27-20)16-26-22(23-8-3)25-15-17-11-12-21(24-14-17)28(9-4)10-5;/h11-14,18H,6-10,15-16H2,1-5H3,(H2,23,25,26);1H. The molecule has 0 saturated carbocycles. The SMILES string of the molecule is CCNC(=NCc1ccc(N(CC)CC)nc1)NCc1cc(C(CC)CC)no1.I. The van der Waals surface area contributed by atoms with E-state index in [1.807, 2.05) is 12.3 Å². The van der Waals surface area contributed by atoms with Crippen LogP contribution in [-0.2, 0) is 13.1 Å². The van der Waals surface area contributed by atoms with Gasteiger partial charge < -0.3 is 20.1 Å². The van der Waals surface area contributed by atoms with E-state index < -0.39 is 0 Å². The number of aromatic nitrogens is 2. The first-order valence-electron chi connectivity index (χ1n) is 10.8. The van der Waals surface area contributed by atoms with Gasteiger partial charge in [0.2, 0.25) is 0 Å². The quantitative estimate of drug-likeness (QED) is 0.250. The molecule has 2 N–H and O–H groups in total. The summed E-state index contributed by atoms with van der Waals surface area (Å²) >= 11 is 0. The molecule has 0 aliphatic rings. The van der Waals surface area contributed by atoms with Gasteiger partial charge in [0.25, 0.3) is 0 Å². The van der Waals surface area contributed by atoms with E-state index in [-0.39, 0.29) is 24.0 Å². The van der Waals surface area contributed by atoms with Gasteiger partial charge in [-0.3, -0.25) is 0 Å². The summed E-state index contributed by atoms with van der Waals surface area (Å²) in [5, 5.41) is 10.8. The lowest BCUT2D eigenvalue weighted by Crippen LogP contribution is -2.36. The molecule has 0 aromatic carbocycles. The van der Waals surface area contributed by atoms with Gasteiger partial charge in [0.1, 0.15) is 5.82 Å². The number of guanidine groups is 1. The average molecular weight is 528 g/mol. The van der Waals surface area contributed by atoms with Gasteiger partial charge in [-0.2, -0.15) is 0 Å². The van der Waals surface area contributed by atoms with E-state index in [9.17, 15) is 0 Å². The number of hydrogen-bond acceptors (Lipinski definition) is 5. The highest BCUT2D eigenvalue weighted by Gasteiger charge is 2.13. The summed E-state index contributed by atoms with van der Waals surface area (Å²) in [7, 11) is 0. The third-order valence-electron chi connectivity index (χ3n) is 5.07. The summed E-state index contributed by atoms with van der Waals surface area (Å²) in [4.78, 5) is 11.5. The van der Waals surface area contributed by atoms with E-state index in [2.05, 4.69) is 77.4 Å². The summed E-state index contributed by atoms with van der Waals surface area (Å²) in [5.74, 6) is 3.04.